The lowest BCUT2D eigenvalue weighted by atomic mass is 10.1. The Bertz CT molecular complexity index is 628. The molecule has 0 bridgehead atoms. The highest BCUT2D eigenvalue weighted by atomic mass is 32.1. The Morgan fingerprint density at radius 1 is 1.23 bits per heavy atom. The maximum atomic E-state index is 5.62. The molecule has 3 rings (SSSR count). The average Bonchev–Trinajstić information content (AvgIpc) is 3.00. The van der Waals surface area contributed by atoms with Crippen molar-refractivity contribution in [3.05, 3.63) is 23.6 Å². The number of nitrogens with zero attached hydrogens (tertiary/aromatic N) is 2. The number of nitrogens with one attached hydrogen (secondary N) is 1. The fourth-order valence-electron chi connectivity index (χ4n) is 2.28. The fraction of sp³-hybridized carbons (Fsp3) is 0.438. The highest BCUT2D eigenvalue weighted by Crippen LogP contribution is 2.35. The summed E-state index contributed by atoms with van der Waals surface area (Å²) in [5.41, 5.74) is 2.03. The van der Waals surface area contributed by atoms with Gasteiger partial charge in [-0.2, -0.15) is 0 Å². The molecule has 0 saturated carbocycles. The molecule has 22 heavy (non-hydrogen) atoms. The third-order valence-electron chi connectivity index (χ3n) is 3.40. The molecule has 118 valence electrons. The molecule has 2 aromatic rings. The summed E-state index contributed by atoms with van der Waals surface area (Å²) in [5, 5.41) is 6.41. The van der Waals surface area contributed by atoms with Gasteiger partial charge in [-0.1, -0.05) is 0 Å². The summed E-state index contributed by atoms with van der Waals surface area (Å²) in [6.07, 6.45) is 1.10. The van der Waals surface area contributed by atoms with E-state index in [9.17, 15) is 0 Å². The number of aromatic nitrogens is 1. The van der Waals surface area contributed by atoms with E-state index in [0.29, 0.717) is 13.2 Å². The molecule has 6 heteroatoms. The van der Waals surface area contributed by atoms with Crippen molar-refractivity contribution >= 4 is 16.5 Å². The van der Waals surface area contributed by atoms with Crippen molar-refractivity contribution < 1.29 is 9.47 Å². The van der Waals surface area contributed by atoms with Gasteiger partial charge in [0.05, 0.1) is 5.69 Å². The molecular formula is C16H21N3O2S. The molecule has 1 aromatic carbocycles. The van der Waals surface area contributed by atoms with Crippen molar-refractivity contribution in [2.24, 2.45) is 0 Å². The largest absolute Gasteiger partial charge is 0.486 e. The van der Waals surface area contributed by atoms with E-state index < -0.39 is 0 Å². The Labute approximate surface area is 134 Å². The molecule has 1 aliphatic rings. The Morgan fingerprint density at radius 2 is 2.05 bits per heavy atom. The fourth-order valence-corrected chi connectivity index (χ4v) is 3.03. The molecule has 0 spiro atoms. The second kappa shape index (κ2) is 6.98. The zero-order valence-electron chi connectivity index (χ0n) is 13.0. The van der Waals surface area contributed by atoms with Crippen LogP contribution in [0.3, 0.4) is 0 Å². The topological polar surface area (TPSA) is 46.6 Å². The molecular weight excluding hydrogens is 298 g/mol. The second-order valence-corrected chi connectivity index (χ2v) is 6.34. The van der Waals surface area contributed by atoms with Gasteiger partial charge in [0.15, 0.2) is 16.6 Å². The van der Waals surface area contributed by atoms with Gasteiger partial charge in [-0.25, -0.2) is 4.98 Å². The minimum atomic E-state index is 0.603. The van der Waals surface area contributed by atoms with Crippen LogP contribution in [0.25, 0.3) is 11.3 Å². The van der Waals surface area contributed by atoms with E-state index >= 15 is 0 Å². The molecule has 0 unspecified atom stereocenters. The van der Waals surface area contributed by atoms with Crippen LogP contribution in [-0.2, 0) is 0 Å². The van der Waals surface area contributed by atoms with E-state index in [1.807, 2.05) is 18.2 Å². The predicted octanol–water partition coefficient (Wildman–Crippen LogP) is 2.94. The summed E-state index contributed by atoms with van der Waals surface area (Å²) in [6, 6.07) is 5.98. The Kier molecular flexibility index (Phi) is 4.80. The van der Waals surface area contributed by atoms with Crippen molar-refractivity contribution in [2.45, 2.75) is 6.42 Å². The molecule has 0 aliphatic carbocycles. The smallest absolute Gasteiger partial charge is 0.183 e. The van der Waals surface area contributed by atoms with Crippen LogP contribution in [0.2, 0.25) is 0 Å². The van der Waals surface area contributed by atoms with Crippen LogP contribution in [0, 0.1) is 0 Å². The molecule has 0 amide bonds. The summed E-state index contributed by atoms with van der Waals surface area (Å²) >= 11 is 1.63. The predicted molar refractivity (Wildman–Crippen MR) is 90.2 cm³/mol. The maximum absolute atomic E-state index is 5.62. The molecule has 0 atom stereocenters. The first-order valence-corrected chi connectivity index (χ1v) is 8.34. The van der Waals surface area contributed by atoms with E-state index in [-0.39, 0.29) is 0 Å². The highest BCUT2D eigenvalue weighted by molar-refractivity contribution is 7.14. The van der Waals surface area contributed by atoms with Crippen LogP contribution < -0.4 is 14.8 Å². The summed E-state index contributed by atoms with van der Waals surface area (Å²) < 4.78 is 11.2. The van der Waals surface area contributed by atoms with E-state index in [1.165, 1.54) is 0 Å². The highest BCUT2D eigenvalue weighted by Gasteiger charge is 2.13. The van der Waals surface area contributed by atoms with Crippen LogP contribution in [0.5, 0.6) is 11.5 Å². The van der Waals surface area contributed by atoms with Crippen LogP contribution >= 0.6 is 11.3 Å². The first-order chi connectivity index (χ1) is 10.7. The van der Waals surface area contributed by atoms with Gasteiger partial charge in [-0.3, -0.25) is 0 Å². The SMILES string of the molecule is CN(C)CCCNc1nc(-c2ccc3c(c2)OCCO3)cs1. The number of anilines is 1. The number of hydrogen-bond donors (Lipinski definition) is 1. The third-order valence-corrected chi connectivity index (χ3v) is 4.20. The third kappa shape index (κ3) is 3.69. The van der Waals surface area contributed by atoms with Crippen molar-refractivity contribution in [3.8, 4) is 22.8 Å². The molecule has 2 heterocycles. The minimum absolute atomic E-state index is 0.603. The van der Waals surface area contributed by atoms with E-state index in [1.54, 1.807) is 11.3 Å². The van der Waals surface area contributed by atoms with Crippen LogP contribution in [0.4, 0.5) is 5.13 Å². The monoisotopic (exact) mass is 319 g/mol. The Hall–Kier alpha value is -1.79. The quantitative estimate of drug-likeness (QED) is 0.830. The summed E-state index contributed by atoms with van der Waals surface area (Å²) in [7, 11) is 4.17. The van der Waals surface area contributed by atoms with Gasteiger partial charge in [0.2, 0.25) is 0 Å². The Morgan fingerprint density at radius 3 is 2.86 bits per heavy atom. The number of ether oxygens (including phenoxy) is 2. The number of hydrogen-bond acceptors (Lipinski definition) is 6. The van der Waals surface area contributed by atoms with Crippen molar-refractivity contribution in [1.29, 1.82) is 0 Å². The maximum Gasteiger partial charge on any atom is 0.183 e. The molecule has 5 nitrogen and oxygen atoms in total. The van der Waals surface area contributed by atoms with Gasteiger partial charge >= 0.3 is 0 Å². The number of thiazole rings is 1. The van der Waals surface area contributed by atoms with Crippen LogP contribution in [0.1, 0.15) is 6.42 Å². The van der Waals surface area contributed by atoms with Crippen molar-refractivity contribution in [2.75, 3.05) is 45.7 Å². The summed E-state index contributed by atoms with van der Waals surface area (Å²) in [4.78, 5) is 6.83. The second-order valence-electron chi connectivity index (χ2n) is 5.48. The molecule has 1 aromatic heterocycles. The molecule has 1 aliphatic heterocycles. The molecule has 0 radical (unpaired) electrons. The number of benzene rings is 1. The summed E-state index contributed by atoms with van der Waals surface area (Å²) in [6.45, 7) is 3.23. The van der Waals surface area contributed by atoms with Gasteiger partial charge in [0.1, 0.15) is 13.2 Å². The summed E-state index contributed by atoms with van der Waals surface area (Å²) in [5.74, 6) is 1.62. The number of rotatable bonds is 6. The zero-order chi connectivity index (χ0) is 15.4. The minimum Gasteiger partial charge on any atom is -0.486 e. The van der Waals surface area contributed by atoms with Crippen molar-refractivity contribution in [3.63, 3.8) is 0 Å². The first kappa shape index (κ1) is 15.1. The normalized spacial score (nSPS) is 13.4. The standard InChI is InChI=1S/C16H21N3O2S/c1-19(2)7-3-6-17-16-18-13(11-22-16)12-4-5-14-15(10-12)21-9-8-20-14/h4-5,10-11H,3,6-9H2,1-2H3,(H,17,18). The van der Waals surface area contributed by atoms with E-state index in [4.69, 9.17) is 9.47 Å². The van der Waals surface area contributed by atoms with Crippen LogP contribution in [0.15, 0.2) is 23.6 Å². The van der Waals surface area contributed by atoms with Gasteiger partial charge < -0.3 is 19.7 Å². The van der Waals surface area contributed by atoms with Gasteiger partial charge in [-0.15, -0.1) is 11.3 Å². The molecule has 1 N–H and O–H groups in total. The van der Waals surface area contributed by atoms with Gasteiger partial charge in [0.25, 0.3) is 0 Å². The van der Waals surface area contributed by atoms with Crippen LogP contribution in [-0.4, -0.2) is 50.3 Å². The lowest BCUT2D eigenvalue weighted by Gasteiger charge is -2.18. The van der Waals surface area contributed by atoms with Gasteiger partial charge in [0, 0.05) is 17.5 Å². The lowest BCUT2D eigenvalue weighted by Crippen LogP contribution is -2.16. The van der Waals surface area contributed by atoms with Gasteiger partial charge in [-0.05, 0) is 45.3 Å². The van der Waals surface area contributed by atoms with Crippen molar-refractivity contribution in [1.82, 2.24) is 9.88 Å². The number of fused-ring (bicyclic) bond motifs is 1. The van der Waals surface area contributed by atoms with E-state index in [2.05, 4.69) is 34.7 Å². The molecule has 0 saturated heterocycles. The van der Waals surface area contributed by atoms with E-state index in [0.717, 1.165) is 47.4 Å². The molecule has 0 fully saturated rings. The first-order valence-electron chi connectivity index (χ1n) is 7.46. The Balaban J connectivity index is 1.63. The lowest BCUT2D eigenvalue weighted by molar-refractivity contribution is 0.171. The zero-order valence-corrected chi connectivity index (χ0v) is 13.8. The average molecular weight is 319 g/mol.